The number of fused-ring (bicyclic) bond motifs is 12. The molecule has 12 aromatic heterocycles. The Balaban J connectivity index is 0.000000111. The van der Waals surface area contributed by atoms with Gasteiger partial charge in [0.1, 0.15) is 28.2 Å². The van der Waals surface area contributed by atoms with Gasteiger partial charge in [-0.15, -0.1) is 0 Å². The fraction of sp³-hybridized carbons (Fsp3) is 0.154. The maximum atomic E-state index is 6.26. The second kappa shape index (κ2) is 31.3. The van der Waals surface area contributed by atoms with Crippen LogP contribution in [-0.2, 0) is 28.2 Å². The number of pyridine rings is 8. The van der Waals surface area contributed by atoms with Gasteiger partial charge >= 0.3 is 0 Å². The minimum atomic E-state index is 0.503. The monoisotopic (exact) mass is 1520 g/mol. The van der Waals surface area contributed by atoms with E-state index in [9.17, 15) is 0 Å². The van der Waals surface area contributed by atoms with E-state index < -0.39 is 0 Å². The van der Waals surface area contributed by atoms with E-state index in [0.29, 0.717) is 34.7 Å². The summed E-state index contributed by atoms with van der Waals surface area (Å²) in [4.78, 5) is 17.7. The highest BCUT2D eigenvalue weighted by molar-refractivity contribution is 6.12. The number of hydrogen-bond donors (Lipinski definition) is 0. The van der Waals surface area contributed by atoms with E-state index in [-0.39, 0.29) is 0 Å². The van der Waals surface area contributed by atoms with Crippen molar-refractivity contribution in [1.82, 2.24) is 19.9 Å². The molecule has 0 bridgehead atoms. The number of nitrogens with zero attached hydrogens (tertiary/aromatic N) is 8. The molecule has 0 aliphatic rings. The molecule has 568 valence electrons. The summed E-state index contributed by atoms with van der Waals surface area (Å²) in [6, 6.07) is 85.7. The molecule has 20 aromatic rings. The van der Waals surface area contributed by atoms with E-state index in [1.807, 2.05) is 24.3 Å². The van der Waals surface area contributed by atoms with Crippen molar-refractivity contribution in [2.75, 3.05) is 0 Å². The van der Waals surface area contributed by atoms with Gasteiger partial charge in [-0.3, -0.25) is 0 Å². The average molecular weight is 1520 g/mol. The van der Waals surface area contributed by atoms with Crippen LogP contribution in [0.25, 0.3) is 178 Å². The highest BCUT2D eigenvalue weighted by Crippen LogP contribution is 2.44. The Morgan fingerprint density at radius 2 is 0.629 bits per heavy atom. The van der Waals surface area contributed by atoms with Gasteiger partial charge in [0.2, 0.25) is 45.6 Å². The van der Waals surface area contributed by atoms with Crippen LogP contribution in [0.1, 0.15) is 84.0 Å². The first kappa shape index (κ1) is 74.9. The molecule has 20 rings (SSSR count). The van der Waals surface area contributed by atoms with Crippen molar-refractivity contribution < 1.29 is 35.9 Å². The molecular formula is C104H92N8O4+4. The Bertz CT molecular complexity index is 7200. The van der Waals surface area contributed by atoms with Crippen LogP contribution >= 0.6 is 0 Å². The Kier molecular flexibility index (Phi) is 20.2. The lowest BCUT2D eigenvalue weighted by Gasteiger charge is -2.11. The van der Waals surface area contributed by atoms with E-state index in [2.05, 4.69) is 379 Å². The molecule has 116 heavy (non-hydrogen) atoms. The van der Waals surface area contributed by atoms with Gasteiger partial charge < -0.3 is 17.7 Å². The number of hydrogen-bond acceptors (Lipinski definition) is 8. The molecule has 0 saturated heterocycles. The van der Waals surface area contributed by atoms with Gasteiger partial charge in [0, 0.05) is 110 Å². The number of rotatable bonds is 10. The summed E-state index contributed by atoms with van der Waals surface area (Å²) in [5.41, 5.74) is 35.0. The second-order valence-electron chi connectivity index (χ2n) is 31.3. The fourth-order valence-corrected chi connectivity index (χ4v) is 16.3. The summed E-state index contributed by atoms with van der Waals surface area (Å²) in [7, 11) is 8.36. The van der Waals surface area contributed by atoms with E-state index in [1.54, 1.807) is 24.8 Å². The Morgan fingerprint density at radius 1 is 0.267 bits per heavy atom. The molecule has 0 atom stereocenters. The second-order valence-corrected chi connectivity index (χ2v) is 31.3. The lowest BCUT2D eigenvalue weighted by atomic mass is 9.94. The molecule has 0 unspecified atom stereocenters. The molecule has 0 aliphatic carbocycles. The van der Waals surface area contributed by atoms with Crippen LogP contribution in [0.15, 0.2) is 310 Å². The quantitative estimate of drug-likeness (QED) is 0.124. The Labute approximate surface area is 675 Å². The zero-order valence-electron chi connectivity index (χ0n) is 68.1. The van der Waals surface area contributed by atoms with Crippen molar-refractivity contribution in [1.29, 1.82) is 0 Å². The maximum Gasteiger partial charge on any atom is 0.227 e. The smallest absolute Gasteiger partial charge is 0.227 e. The molecule has 8 aromatic carbocycles. The van der Waals surface area contributed by atoms with E-state index in [4.69, 9.17) is 17.7 Å². The summed E-state index contributed by atoms with van der Waals surface area (Å²) in [5, 5.41) is 8.62. The molecule has 12 heterocycles. The van der Waals surface area contributed by atoms with Crippen LogP contribution in [-0.4, -0.2) is 19.9 Å². The minimum absolute atomic E-state index is 0.503. The highest BCUT2D eigenvalue weighted by atomic mass is 16.4. The zero-order valence-corrected chi connectivity index (χ0v) is 68.1. The summed E-state index contributed by atoms with van der Waals surface area (Å²) in [5.74, 6) is 1.02. The van der Waals surface area contributed by atoms with Gasteiger partial charge in [-0.25, -0.2) is 38.2 Å². The first-order valence-electron chi connectivity index (χ1n) is 39.7. The van der Waals surface area contributed by atoms with Gasteiger partial charge in [0.15, 0.2) is 47.1 Å². The number of aromatic nitrogens is 8. The van der Waals surface area contributed by atoms with Gasteiger partial charge in [-0.05, 0) is 181 Å². The SMILES string of the molecule is Cc1ccc2c(oc3ncccc32)c1-c1cc(-c2cccc(C(C)C)c2)cc[n+]1C.Cc1ccc2c(oc3ncccc32)c1-c1ccc(-c2cccc(C(C)C)c2)c[n+]1C.Cc1cccc(-c2cc[n+](C)c(-c3c(C)ccc4c3oc3ncccc34)c2)c1.Cc1cccc(-c2ccc[n+](C)c2-c2c(C)ccc3c2oc2ncccc23)c1. The predicted molar refractivity (Wildman–Crippen MR) is 471 cm³/mol. The summed E-state index contributed by atoms with van der Waals surface area (Å²) in [6.45, 7) is 21.7. The van der Waals surface area contributed by atoms with Crippen LogP contribution in [0, 0.1) is 41.5 Å². The van der Waals surface area contributed by atoms with Crippen LogP contribution in [0.2, 0.25) is 0 Å². The molecule has 12 heteroatoms. The van der Waals surface area contributed by atoms with Crippen LogP contribution in [0.3, 0.4) is 0 Å². The van der Waals surface area contributed by atoms with Crippen molar-refractivity contribution in [3.8, 4) is 89.5 Å². The van der Waals surface area contributed by atoms with Crippen LogP contribution in [0.4, 0.5) is 0 Å². The lowest BCUT2D eigenvalue weighted by molar-refractivity contribution is -0.660. The largest absolute Gasteiger partial charge is 0.437 e. The normalized spacial score (nSPS) is 11.5. The van der Waals surface area contributed by atoms with Crippen molar-refractivity contribution in [2.24, 2.45) is 28.2 Å². The van der Waals surface area contributed by atoms with Crippen LogP contribution < -0.4 is 18.3 Å². The lowest BCUT2D eigenvalue weighted by Crippen LogP contribution is -2.31. The van der Waals surface area contributed by atoms with Crippen LogP contribution in [0.5, 0.6) is 0 Å². The zero-order chi connectivity index (χ0) is 80.2. The summed E-state index contributed by atoms with van der Waals surface area (Å²) < 4.78 is 33.6. The first-order chi connectivity index (χ1) is 56.3. The van der Waals surface area contributed by atoms with Crippen molar-refractivity contribution in [2.45, 2.75) is 81.1 Å². The Hall–Kier alpha value is -13.8. The molecule has 0 N–H and O–H groups in total. The third-order valence-corrected chi connectivity index (χ3v) is 22.6. The van der Waals surface area contributed by atoms with E-state index >= 15 is 0 Å². The standard InChI is InChI=1S/2C27H25N2O.2C25H21N2O/c1-17(2)19-7-5-8-20(15-19)21-11-13-24(29(4)16-21)25-18(3)10-12-22-23-9-6-14-28-27(23)30-26(22)25;1-17(2)19-7-5-8-20(15-19)21-12-14-29(4)24(16-21)25-18(3)10-11-22-23-9-6-13-28-27(23)30-26(22)25;1-16-7-4-8-18(15-16)19-10-6-14-27(3)23(19)22-17(2)11-12-20-21-9-5-13-26-25(21)28-24(20)22;1-16-6-4-7-18(14-16)19-11-13-27(3)22(15-19)23-17(2)9-10-20-21-8-5-12-26-25(21)28-24(20)23/h2*5-17H,1-4H3;2*4-15H,1-3H3/q4*+1. The molecule has 0 saturated carbocycles. The molecule has 0 aliphatic heterocycles. The van der Waals surface area contributed by atoms with Crippen molar-refractivity contribution in [3.63, 3.8) is 0 Å². The topological polar surface area (TPSA) is 120 Å². The van der Waals surface area contributed by atoms with Gasteiger partial charge in [0.25, 0.3) is 0 Å². The summed E-state index contributed by atoms with van der Waals surface area (Å²) >= 11 is 0. The molecule has 0 amide bonds. The van der Waals surface area contributed by atoms with Gasteiger partial charge in [-0.2, -0.15) is 0 Å². The number of aryl methyl sites for hydroxylation is 10. The van der Waals surface area contributed by atoms with Gasteiger partial charge in [-0.1, -0.05) is 184 Å². The molecule has 12 nitrogen and oxygen atoms in total. The van der Waals surface area contributed by atoms with E-state index in [1.165, 1.54) is 89.0 Å². The third-order valence-electron chi connectivity index (χ3n) is 22.6. The minimum Gasteiger partial charge on any atom is -0.437 e. The molecule has 0 radical (unpaired) electrons. The molecule has 0 spiro atoms. The third kappa shape index (κ3) is 14.2. The maximum absolute atomic E-state index is 6.26. The molecular weight excluding hydrogens is 1430 g/mol. The fourth-order valence-electron chi connectivity index (χ4n) is 16.3. The summed E-state index contributed by atoms with van der Waals surface area (Å²) in [6.07, 6.45) is 15.6. The predicted octanol–water partition coefficient (Wildman–Crippen LogP) is 24.7. The Morgan fingerprint density at radius 3 is 1.04 bits per heavy atom. The molecule has 0 fully saturated rings. The van der Waals surface area contributed by atoms with Gasteiger partial charge in [0.05, 0.1) is 27.8 Å². The van der Waals surface area contributed by atoms with E-state index in [0.717, 1.165) is 110 Å². The van der Waals surface area contributed by atoms with Crippen molar-refractivity contribution in [3.05, 3.63) is 337 Å². The average Bonchev–Trinajstić information content (AvgIpc) is 1.58. The van der Waals surface area contributed by atoms with Crippen molar-refractivity contribution >= 4 is 88.3 Å². The highest BCUT2D eigenvalue weighted by Gasteiger charge is 2.28. The first-order valence-corrected chi connectivity index (χ1v) is 39.7. The number of furan rings is 4. The number of benzene rings is 8.